The highest BCUT2D eigenvalue weighted by atomic mass is 16.2. The van der Waals surface area contributed by atoms with Crippen LogP contribution >= 0.6 is 0 Å². The van der Waals surface area contributed by atoms with Crippen LogP contribution in [0.1, 0.15) is 38.5 Å². The van der Waals surface area contributed by atoms with E-state index in [2.05, 4.69) is 6.07 Å². The molecule has 2 atom stereocenters. The van der Waals surface area contributed by atoms with E-state index in [9.17, 15) is 4.79 Å². The van der Waals surface area contributed by atoms with Gasteiger partial charge in [0, 0.05) is 6.54 Å². The highest BCUT2D eigenvalue weighted by Gasteiger charge is 2.48. The van der Waals surface area contributed by atoms with Gasteiger partial charge < -0.3 is 10.6 Å². The van der Waals surface area contributed by atoms with Gasteiger partial charge >= 0.3 is 0 Å². The number of amides is 1. The van der Waals surface area contributed by atoms with Crippen LogP contribution in [-0.4, -0.2) is 29.4 Å². The van der Waals surface area contributed by atoms with Gasteiger partial charge in [-0.2, -0.15) is 5.26 Å². The molecule has 1 amide bonds. The zero-order valence-corrected chi connectivity index (χ0v) is 11.2. The number of nitrogens with zero attached hydrogens (tertiary/aromatic N) is 2. The molecule has 0 radical (unpaired) electrons. The molecule has 0 spiro atoms. The zero-order chi connectivity index (χ0) is 13.5. The lowest BCUT2D eigenvalue weighted by Crippen LogP contribution is -2.57. The normalized spacial score (nSPS) is 38.2. The van der Waals surface area contributed by atoms with Gasteiger partial charge in [-0.05, 0) is 55.9 Å². The smallest absolute Gasteiger partial charge is 0.241 e. The number of nitriles is 1. The van der Waals surface area contributed by atoms with E-state index in [4.69, 9.17) is 11.0 Å². The summed E-state index contributed by atoms with van der Waals surface area (Å²) in [6.07, 6.45) is 10.6. The first-order chi connectivity index (χ1) is 9.16. The number of carbonyl (C=O) groups excluding carboxylic acids is 1. The molecule has 3 saturated carbocycles. The molecule has 2 bridgehead atoms. The van der Waals surface area contributed by atoms with Crippen molar-refractivity contribution in [3.8, 4) is 6.07 Å². The van der Waals surface area contributed by atoms with Gasteiger partial charge in [0.15, 0.2) is 0 Å². The van der Waals surface area contributed by atoms with Crippen molar-refractivity contribution in [2.24, 2.45) is 17.1 Å². The van der Waals surface area contributed by atoms with E-state index in [0.29, 0.717) is 6.54 Å². The van der Waals surface area contributed by atoms with Gasteiger partial charge in [0.2, 0.25) is 5.91 Å². The molecule has 0 aromatic carbocycles. The fraction of sp³-hybridized carbons (Fsp3) is 0.733. The second kappa shape index (κ2) is 4.64. The summed E-state index contributed by atoms with van der Waals surface area (Å²) in [6.45, 7) is 0.531. The van der Waals surface area contributed by atoms with Gasteiger partial charge in [0.1, 0.15) is 6.04 Å². The van der Waals surface area contributed by atoms with Crippen LogP contribution in [0, 0.1) is 22.7 Å². The molecule has 2 N–H and O–H groups in total. The Kier molecular flexibility index (Phi) is 3.10. The quantitative estimate of drug-likeness (QED) is 0.765. The third kappa shape index (κ3) is 1.97. The summed E-state index contributed by atoms with van der Waals surface area (Å²) in [5, 5.41) is 9.07. The lowest BCUT2D eigenvalue weighted by molar-refractivity contribution is -0.137. The van der Waals surface area contributed by atoms with Crippen LogP contribution in [0.4, 0.5) is 0 Å². The van der Waals surface area contributed by atoms with Crippen LogP contribution in [-0.2, 0) is 4.79 Å². The Balaban J connectivity index is 1.75. The average molecular weight is 259 g/mol. The molecule has 3 aliphatic carbocycles. The topological polar surface area (TPSA) is 70.1 Å². The lowest BCUT2D eigenvalue weighted by atomic mass is 9.57. The van der Waals surface area contributed by atoms with Gasteiger partial charge in [-0.15, -0.1) is 0 Å². The van der Waals surface area contributed by atoms with Crippen molar-refractivity contribution in [2.45, 2.75) is 50.6 Å². The largest absolute Gasteiger partial charge is 0.319 e. The predicted octanol–water partition coefficient (Wildman–Crippen LogP) is 1.57. The van der Waals surface area contributed by atoms with Gasteiger partial charge in [-0.1, -0.05) is 6.08 Å². The molecule has 0 aromatic rings. The maximum atomic E-state index is 12.6. The second-order valence-corrected chi connectivity index (χ2v) is 6.31. The minimum Gasteiger partial charge on any atom is -0.319 e. The van der Waals surface area contributed by atoms with E-state index in [1.807, 2.05) is 6.08 Å². The molecule has 1 unspecified atom stereocenters. The third-order valence-corrected chi connectivity index (χ3v) is 5.45. The summed E-state index contributed by atoms with van der Waals surface area (Å²) >= 11 is 0. The van der Waals surface area contributed by atoms with E-state index in [1.54, 1.807) is 11.0 Å². The number of fused-ring (bicyclic) bond motifs is 3. The van der Waals surface area contributed by atoms with Crippen LogP contribution in [0.15, 0.2) is 12.2 Å². The highest BCUT2D eigenvalue weighted by molar-refractivity contribution is 5.84. The van der Waals surface area contributed by atoms with E-state index >= 15 is 0 Å². The second-order valence-electron chi connectivity index (χ2n) is 6.31. The Bertz CT molecular complexity index is 429. The van der Waals surface area contributed by atoms with Crippen LogP contribution in [0.3, 0.4) is 0 Å². The van der Waals surface area contributed by atoms with Gasteiger partial charge in [-0.3, -0.25) is 4.79 Å². The standard InChI is InChI=1S/C15H21N3O/c16-10-12-2-1-9-18(12)14(19)13(17)15-6-3-11(4-7-15)5-8-15/h1-2,11-13H,3-9,17H2/t11?,12-,13?,15?/m0/s1. The number of hydrogen-bond donors (Lipinski definition) is 1. The van der Waals surface area contributed by atoms with Crippen LogP contribution in [0.5, 0.6) is 0 Å². The van der Waals surface area contributed by atoms with Gasteiger partial charge in [0.05, 0.1) is 12.1 Å². The molecule has 19 heavy (non-hydrogen) atoms. The van der Waals surface area contributed by atoms with Crippen molar-refractivity contribution in [3.63, 3.8) is 0 Å². The summed E-state index contributed by atoms with van der Waals surface area (Å²) in [5.41, 5.74) is 6.34. The van der Waals surface area contributed by atoms with Crippen LogP contribution in [0.2, 0.25) is 0 Å². The van der Waals surface area contributed by atoms with Crippen molar-refractivity contribution in [1.29, 1.82) is 5.26 Å². The average Bonchev–Trinajstić information content (AvgIpc) is 2.96. The molecule has 1 heterocycles. The monoisotopic (exact) mass is 259 g/mol. The molecule has 4 heteroatoms. The fourth-order valence-corrected chi connectivity index (χ4v) is 4.05. The van der Waals surface area contributed by atoms with E-state index in [-0.39, 0.29) is 11.3 Å². The molecular weight excluding hydrogens is 238 g/mol. The van der Waals surface area contributed by atoms with Gasteiger partial charge in [0.25, 0.3) is 0 Å². The molecule has 0 saturated heterocycles. The number of hydrogen-bond acceptors (Lipinski definition) is 3. The highest BCUT2D eigenvalue weighted by Crippen LogP contribution is 2.52. The number of rotatable bonds is 2. The fourth-order valence-electron chi connectivity index (χ4n) is 4.05. The molecule has 3 fully saturated rings. The number of carbonyl (C=O) groups is 1. The van der Waals surface area contributed by atoms with Crippen LogP contribution < -0.4 is 5.73 Å². The Morgan fingerprint density at radius 2 is 2.00 bits per heavy atom. The van der Waals surface area contributed by atoms with E-state index in [0.717, 1.165) is 25.2 Å². The van der Waals surface area contributed by atoms with Crippen molar-refractivity contribution >= 4 is 5.91 Å². The SMILES string of the molecule is N#C[C@@H]1C=CCN1C(=O)C(N)C12CCC(CC1)CC2. The first kappa shape index (κ1) is 12.7. The Morgan fingerprint density at radius 1 is 1.37 bits per heavy atom. The molecular formula is C15H21N3O. The van der Waals surface area contributed by atoms with Crippen molar-refractivity contribution in [1.82, 2.24) is 4.90 Å². The summed E-state index contributed by atoms with van der Waals surface area (Å²) in [5.74, 6) is 0.835. The lowest BCUT2D eigenvalue weighted by Gasteiger charge is -2.49. The van der Waals surface area contributed by atoms with Crippen molar-refractivity contribution in [2.75, 3.05) is 6.54 Å². The molecule has 1 aliphatic heterocycles. The van der Waals surface area contributed by atoms with E-state index < -0.39 is 12.1 Å². The number of nitrogens with two attached hydrogens (primary N) is 1. The van der Waals surface area contributed by atoms with Crippen LogP contribution in [0.25, 0.3) is 0 Å². The zero-order valence-electron chi connectivity index (χ0n) is 11.2. The van der Waals surface area contributed by atoms with Gasteiger partial charge in [-0.25, -0.2) is 0 Å². The first-order valence-electron chi connectivity index (χ1n) is 7.29. The molecule has 4 aliphatic rings. The summed E-state index contributed by atoms with van der Waals surface area (Å²) in [4.78, 5) is 14.2. The minimum atomic E-state index is -0.426. The Labute approximate surface area is 114 Å². The van der Waals surface area contributed by atoms with Crippen molar-refractivity contribution in [3.05, 3.63) is 12.2 Å². The van der Waals surface area contributed by atoms with Crippen molar-refractivity contribution < 1.29 is 4.79 Å². The maximum absolute atomic E-state index is 12.6. The summed E-state index contributed by atoms with van der Waals surface area (Å²) in [6, 6.07) is 1.31. The Hall–Kier alpha value is -1.34. The first-order valence-corrected chi connectivity index (χ1v) is 7.29. The maximum Gasteiger partial charge on any atom is 0.241 e. The summed E-state index contributed by atoms with van der Waals surface area (Å²) in [7, 11) is 0. The van der Waals surface area contributed by atoms with E-state index in [1.165, 1.54) is 19.3 Å². The summed E-state index contributed by atoms with van der Waals surface area (Å²) < 4.78 is 0. The Morgan fingerprint density at radius 3 is 2.58 bits per heavy atom. The third-order valence-electron chi connectivity index (χ3n) is 5.45. The molecule has 4 nitrogen and oxygen atoms in total. The minimum absolute atomic E-state index is 0.00836. The molecule has 4 rings (SSSR count). The molecule has 102 valence electrons. The molecule has 0 aromatic heterocycles. The predicted molar refractivity (Wildman–Crippen MR) is 71.9 cm³/mol.